The molecule has 3 rings (SSSR count). The van der Waals surface area contributed by atoms with Gasteiger partial charge in [0.25, 0.3) is 5.91 Å². The average molecular weight is 466 g/mol. The number of hydrogen-bond acceptors (Lipinski definition) is 8. The smallest absolute Gasteiger partial charge is 0.341 e. The van der Waals surface area contributed by atoms with Gasteiger partial charge in [0.1, 0.15) is 10.8 Å². The third-order valence-electron chi connectivity index (χ3n) is 4.50. The summed E-state index contributed by atoms with van der Waals surface area (Å²) >= 11 is 6.63. The Morgan fingerprint density at radius 3 is 2.71 bits per heavy atom. The number of thiophene rings is 1. The third kappa shape index (κ3) is 5.17. The number of thiocarbonyl (C=S) groups is 1. The molecule has 0 spiro atoms. The largest absolute Gasteiger partial charge is 0.481 e. The fraction of sp³-hybridized carbons (Fsp3) is 0.350. The molecule has 1 aliphatic heterocycles. The molecule has 11 heteroatoms. The number of esters is 1. The van der Waals surface area contributed by atoms with E-state index in [0.717, 1.165) is 10.4 Å². The molecule has 1 aromatic carbocycles. The predicted molar refractivity (Wildman–Crippen MR) is 120 cm³/mol. The summed E-state index contributed by atoms with van der Waals surface area (Å²) in [7, 11) is 1.33. The van der Waals surface area contributed by atoms with E-state index >= 15 is 0 Å². The van der Waals surface area contributed by atoms with Gasteiger partial charge in [-0.1, -0.05) is 6.92 Å². The number of hydrazine groups is 1. The van der Waals surface area contributed by atoms with Crippen LogP contribution >= 0.6 is 23.6 Å². The van der Waals surface area contributed by atoms with Gasteiger partial charge in [0.15, 0.2) is 22.7 Å². The van der Waals surface area contributed by atoms with E-state index in [1.165, 1.54) is 18.4 Å². The number of benzene rings is 1. The summed E-state index contributed by atoms with van der Waals surface area (Å²) in [6, 6.07) is 5.06. The van der Waals surface area contributed by atoms with E-state index in [1.807, 2.05) is 13.8 Å². The van der Waals surface area contributed by atoms with E-state index in [-0.39, 0.29) is 11.9 Å². The summed E-state index contributed by atoms with van der Waals surface area (Å²) < 4.78 is 21.1. The molecule has 2 heterocycles. The Morgan fingerprint density at radius 1 is 1.26 bits per heavy atom. The molecule has 1 aliphatic rings. The molecule has 0 radical (unpaired) electrons. The van der Waals surface area contributed by atoms with E-state index < -0.39 is 18.0 Å². The van der Waals surface area contributed by atoms with Crippen LogP contribution in [0.1, 0.15) is 34.6 Å². The molecule has 1 amide bonds. The van der Waals surface area contributed by atoms with Gasteiger partial charge >= 0.3 is 5.97 Å². The molecule has 0 bridgehead atoms. The standard InChI is InChI=1S/C20H23N3O6S2/c1-5-13-11(3)31-18(16(13)19(25)26-4)21-20(30)23-22-17(24)10(2)29-12-6-7-14-15(8-12)28-9-27-14/h6-8,10H,5,9H2,1-4H3,(H,22,24)(H2,21,23,30)/t10-/m0/s1. The zero-order chi connectivity index (χ0) is 22.5. The molecule has 0 aliphatic carbocycles. The first-order valence-electron chi connectivity index (χ1n) is 9.47. The number of hydrogen-bond donors (Lipinski definition) is 3. The van der Waals surface area contributed by atoms with Gasteiger partial charge in [-0.05, 0) is 50.2 Å². The minimum absolute atomic E-state index is 0.123. The Labute approximate surface area is 189 Å². The Hall–Kier alpha value is -3.05. The van der Waals surface area contributed by atoms with Gasteiger partial charge in [-0.25, -0.2) is 4.79 Å². The molecule has 3 N–H and O–H groups in total. The highest BCUT2D eigenvalue weighted by molar-refractivity contribution is 7.80. The third-order valence-corrected chi connectivity index (χ3v) is 5.77. The van der Waals surface area contributed by atoms with E-state index in [4.69, 9.17) is 31.2 Å². The fourth-order valence-electron chi connectivity index (χ4n) is 2.97. The first-order valence-corrected chi connectivity index (χ1v) is 10.7. The highest BCUT2D eigenvalue weighted by Crippen LogP contribution is 2.35. The van der Waals surface area contributed by atoms with Crippen LogP contribution in [0.25, 0.3) is 0 Å². The van der Waals surface area contributed by atoms with Crippen LogP contribution in [-0.2, 0) is 16.0 Å². The summed E-state index contributed by atoms with van der Waals surface area (Å²) in [5.74, 6) is 0.779. The maximum absolute atomic E-state index is 12.4. The average Bonchev–Trinajstić information content (AvgIpc) is 3.34. The number of ether oxygens (including phenoxy) is 4. The van der Waals surface area contributed by atoms with Crippen molar-refractivity contribution >= 4 is 45.5 Å². The number of amides is 1. The summed E-state index contributed by atoms with van der Waals surface area (Å²) in [5, 5.41) is 3.62. The van der Waals surface area contributed by atoms with Crippen molar-refractivity contribution in [3.05, 3.63) is 34.2 Å². The second kappa shape index (κ2) is 9.84. The molecule has 0 saturated heterocycles. The van der Waals surface area contributed by atoms with Crippen LogP contribution in [0, 0.1) is 6.92 Å². The normalized spacial score (nSPS) is 12.6. The van der Waals surface area contributed by atoms with Crippen LogP contribution in [0.4, 0.5) is 5.00 Å². The van der Waals surface area contributed by atoms with Gasteiger partial charge in [0.2, 0.25) is 6.79 Å². The number of nitrogens with one attached hydrogen (secondary N) is 3. The molecular weight excluding hydrogens is 442 g/mol. The van der Waals surface area contributed by atoms with Gasteiger partial charge in [0.05, 0.1) is 12.7 Å². The van der Waals surface area contributed by atoms with Gasteiger partial charge < -0.3 is 24.3 Å². The van der Waals surface area contributed by atoms with Crippen LogP contribution in [0.3, 0.4) is 0 Å². The van der Waals surface area contributed by atoms with Gasteiger partial charge in [-0.2, -0.15) is 0 Å². The lowest BCUT2D eigenvalue weighted by molar-refractivity contribution is -0.127. The minimum atomic E-state index is -0.808. The van der Waals surface area contributed by atoms with Crippen molar-refractivity contribution in [1.29, 1.82) is 0 Å². The maximum Gasteiger partial charge on any atom is 0.341 e. The first-order chi connectivity index (χ1) is 14.8. The summed E-state index contributed by atoms with van der Waals surface area (Å²) in [4.78, 5) is 25.5. The van der Waals surface area contributed by atoms with Crippen LogP contribution in [-0.4, -0.2) is 37.0 Å². The zero-order valence-electron chi connectivity index (χ0n) is 17.5. The Morgan fingerprint density at radius 2 is 2.00 bits per heavy atom. The summed E-state index contributed by atoms with van der Waals surface area (Å²) in [6.07, 6.45) is -0.128. The van der Waals surface area contributed by atoms with Crippen molar-refractivity contribution < 1.29 is 28.5 Å². The predicted octanol–water partition coefficient (Wildman–Crippen LogP) is 2.92. The van der Waals surface area contributed by atoms with E-state index in [1.54, 1.807) is 25.1 Å². The molecule has 31 heavy (non-hydrogen) atoms. The lowest BCUT2D eigenvalue weighted by Gasteiger charge is -2.16. The topological polar surface area (TPSA) is 107 Å². The van der Waals surface area contributed by atoms with E-state index in [0.29, 0.717) is 34.2 Å². The second-order valence-corrected chi connectivity index (χ2v) is 8.16. The number of fused-ring (bicyclic) bond motifs is 1. The zero-order valence-corrected chi connectivity index (χ0v) is 19.1. The van der Waals surface area contributed by atoms with Crippen molar-refractivity contribution in [3.63, 3.8) is 0 Å². The SMILES string of the molecule is CCc1c(C)sc(NC(=S)NNC(=O)[C@H](C)Oc2ccc3c(c2)OCO3)c1C(=O)OC. The highest BCUT2D eigenvalue weighted by atomic mass is 32.1. The number of methoxy groups -OCH3 is 1. The fourth-order valence-corrected chi connectivity index (χ4v) is 4.33. The van der Waals surface area contributed by atoms with E-state index in [2.05, 4.69) is 16.2 Å². The summed E-state index contributed by atoms with van der Waals surface area (Å²) in [6.45, 7) is 5.64. The number of aryl methyl sites for hydroxylation is 1. The summed E-state index contributed by atoms with van der Waals surface area (Å²) in [5.41, 5.74) is 6.46. The quantitative estimate of drug-likeness (QED) is 0.337. The number of carbonyl (C=O) groups is 2. The van der Waals surface area contributed by atoms with Crippen LogP contribution in [0.2, 0.25) is 0 Å². The molecule has 1 aromatic heterocycles. The van der Waals surface area contributed by atoms with Crippen LogP contribution in [0.15, 0.2) is 18.2 Å². The van der Waals surface area contributed by atoms with Crippen LogP contribution < -0.4 is 30.4 Å². The molecule has 1 atom stereocenters. The molecule has 0 fully saturated rings. The molecule has 2 aromatic rings. The first kappa shape index (κ1) is 22.6. The van der Waals surface area contributed by atoms with Crippen molar-refractivity contribution in [2.45, 2.75) is 33.3 Å². The lowest BCUT2D eigenvalue weighted by atomic mass is 10.1. The number of rotatable bonds is 6. The van der Waals surface area contributed by atoms with Gasteiger partial charge in [-0.3, -0.25) is 15.6 Å². The number of anilines is 1. The monoisotopic (exact) mass is 465 g/mol. The number of carbonyl (C=O) groups excluding carboxylic acids is 2. The maximum atomic E-state index is 12.4. The lowest BCUT2D eigenvalue weighted by Crippen LogP contribution is -2.48. The molecular formula is C20H23N3O6S2. The highest BCUT2D eigenvalue weighted by Gasteiger charge is 2.23. The Bertz CT molecular complexity index is 1010. The minimum Gasteiger partial charge on any atom is -0.481 e. The second-order valence-electron chi connectivity index (χ2n) is 6.53. The van der Waals surface area contributed by atoms with Crippen molar-refractivity contribution in [3.8, 4) is 17.2 Å². The Balaban J connectivity index is 1.56. The molecule has 0 saturated carbocycles. The molecule has 0 unspecified atom stereocenters. The molecule has 9 nitrogen and oxygen atoms in total. The van der Waals surface area contributed by atoms with Crippen molar-refractivity contribution in [2.75, 3.05) is 19.2 Å². The van der Waals surface area contributed by atoms with Gasteiger partial charge in [0, 0.05) is 10.9 Å². The van der Waals surface area contributed by atoms with Crippen LogP contribution in [0.5, 0.6) is 17.2 Å². The van der Waals surface area contributed by atoms with Crippen molar-refractivity contribution in [2.24, 2.45) is 0 Å². The molecule has 166 valence electrons. The Kier molecular flexibility index (Phi) is 7.18. The van der Waals surface area contributed by atoms with E-state index in [9.17, 15) is 9.59 Å². The van der Waals surface area contributed by atoms with Gasteiger partial charge in [-0.15, -0.1) is 11.3 Å². The van der Waals surface area contributed by atoms with Crippen molar-refractivity contribution in [1.82, 2.24) is 10.9 Å².